The van der Waals surface area contributed by atoms with Crippen LogP contribution in [0.4, 0.5) is 0 Å². The minimum atomic E-state index is -0.449. The Kier molecular flexibility index (Phi) is 9.05. The van der Waals surface area contributed by atoms with Crippen molar-refractivity contribution >= 4 is 29.1 Å². The summed E-state index contributed by atoms with van der Waals surface area (Å²) in [6.07, 6.45) is 4.24. The van der Waals surface area contributed by atoms with Gasteiger partial charge in [-0.05, 0) is 37.1 Å². The van der Waals surface area contributed by atoms with Crippen molar-refractivity contribution in [2.24, 2.45) is 11.0 Å². The third-order valence-electron chi connectivity index (χ3n) is 7.05. The van der Waals surface area contributed by atoms with Gasteiger partial charge in [0.1, 0.15) is 18.0 Å². The molecule has 1 atom stereocenters. The van der Waals surface area contributed by atoms with Crippen LogP contribution in [-0.2, 0) is 14.3 Å². The summed E-state index contributed by atoms with van der Waals surface area (Å²) in [6, 6.07) is 12.5. The molecule has 0 unspecified atom stereocenters. The van der Waals surface area contributed by atoms with Crippen LogP contribution in [0.1, 0.15) is 49.3 Å². The number of halogens is 1. The van der Waals surface area contributed by atoms with Crippen LogP contribution in [0.3, 0.4) is 0 Å². The molecule has 0 bridgehead atoms. The van der Waals surface area contributed by atoms with Gasteiger partial charge in [-0.3, -0.25) is 9.59 Å². The van der Waals surface area contributed by atoms with E-state index < -0.39 is 6.04 Å². The molecule has 1 saturated carbocycles. The zero-order valence-corrected chi connectivity index (χ0v) is 22.4. The van der Waals surface area contributed by atoms with Gasteiger partial charge in [-0.1, -0.05) is 42.6 Å². The van der Waals surface area contributed by atoms with Crippen LogP contribution in [0.5, 0.6) is 11.5 Å². The van der Waals surface area contributed by atoms with Gasteiger partial charge in [-0.25, -0.2) is 5.01 Å². The lowest BCUT2D eigenvalue weighted by Gasteiger charge is -2.29. The first-order valence-corrected chi connectivity index (χ1v) is 13.0. The topological polar surface area (TPSA) is 80.7 Å². The van der Waals surface area contributed by atoms with Crippen LogP contribution < -0.4 is 9.47 Å². The molecule has 0 N–H and O–H groups in total. The summed E-state index contributed by atoms with van der Waals surface area (Å²) >= 11 is 6.49. The summed E-state index contributed by atoms with van der Waals surface area (Å²) in [5.74, 6) is 0.956. The van der Waals surface area contributed by atoms with Crippen molar-refractivity contribution in [1.29, 1.82) is 0 Å². The van der Waals surface area contributed by atoms with E-state index in [9.17, 15) is 9.59 Å². The van der Waals surface area contributed by atoms with Crippen molar-refractivity contribution in [2.75, 3.05) is 41.0 Å². The Morgan fingerprint density at radius 2 is 1.84 bits per heavy atom. The van der Waals surface area contributed by atoms with E-state index in [0.717, 1.165) is 36.8 Å². The molecule has 0 spiro atoms. The van der Waals surface area contributed by atoms with Crippen molar-refractivity contribution in [3.63, 3.8) is 0 Å². The zero-order chi connectivity index (χ0) is 26.4. The molecule has 0 saturated heterocycles. The molecule has 1 aliphatic heterocycles. The fraction of sp³-hybridized carbons (Fsp3) is 0.464. The Balaban J connectivity index is 1.68. The quantitative estimate of drug-likeness (QED) is 0.447. The molecule has 9 heteroatoms. The van der Waals surface area contributed by atoms with Gasteiger partial charge in [0.25, 0.3) is 5.91 Å². The number of carbonyl (C=O) groups excluding carboxylic acids is 2. The highest BCUT2D eigenvalue weighted by Gasteiger charge is 2.37. The van der Waals surface area contributed by atoms with E-state index in [4.69, 9.17) is 30.9 Å². The van der Waals surface area contributed by atoms with Gasteiger partial charge >= 0.3 is 0 Å². The number of methoxy groups -OCH3 is 3. The highest BCUT2D eigenvalue weighted by molar-refractivity contribution is 6.34. The summed E-state index contributed by atoms with van der Waals surface area (Å²) in [6.45, 7) is 0.618. The monoisotopic (exact) mass is 527 g/mol. The van der Waals surface area contributed by atoms with Crippen LogP contribution in [0, 0.1) is 5.92 Å². The molecule has 0 radical (unpaired) electrons. The molecule has 1 fully saturated rings. The lowest BCUT2D eigenvalue weighted by Crippen LogP contribution is -2.44. The zero-order valence-electron chi connectivity index (χ0n) is 21.6. The maximum absolute atomic E-state index is 13.8. The first kappa shape index (κ1) is 26.9. The molecular weight excluding hydrogens is 494 g/mol. The molecule has 1 heterocycles. The average molecular weight is 528 g/mol. The van der Waals surface area contributed by atoms with Crippen LogP contribution in [0.15, 0.2) is 47.6 Å². The maximum Gasteiger partial charge on any atom is 0.262 e. The number of hydrazone groups is 1. The third-order valence-corrected chi connectivity index (χ3v) is 7.38. The minimum Gasteiger partial charge on any atom is -0.497 e. The molecule has 2 aliphatic rings. The van der Waals surface area contributed by atoms with Crippen molar-refractivity contribution in [3.05, 3.63) is 58.6 Å². The Hall–Kier alpha value is -3.10. The Morgan fingerprint density at radius 3 is 2.51 bits per heavy atom. The molecule has 2 aromatic carbocycles. The molecule has 37 heavy (non-hydrogen) atoms. The molecule has 0 aromatic heterocycles. The second-order valence-electron chi connectivity index (χ2n) is 9.33. The maximum atomic E-state index is 13.8. The van der Waals surface area contributed by atoms with Gasteiger partial charge in [0, 0.05) is 42.1 Å². The number of hydrogen-bond acceptors (Lipinski definition) is 6. The summed E-state index contributed by atoms with van der Waals surface area (Å²) in [4.78, 5) is 28.7. The van der Waals surface area contributed by atoms with Crippen molar-refractivity contribution in [1.82, 2.24) is 9.91 Å². The number of carbonyl (C=O) groups is 2. The van der Waals surface area contributed by atoms with Gasteiger partial charge in [0.2, 0.25) is 5.91 Å². The van der Waals surface area contributed by atoms with Gasteiger partial charge in [-0.15, -0.1) is 0 Å². The molecule has 2 amide bonds. The second kappa shape index (κ2) is 12.4. The number of hydrogen-bond donors (Lipinski definition) is 0. The van der Waals surface area contributed by atoms with E-state index in [2.05, 4.69) is 0 Å². The van der Waals surface area contributed by atoms with Gasteiger partial charge in [0.15, 0.2) is 0 Å². The van der Waals surface area contributed by atoms with Crippen molar-refractivity contribution in [2.45, 2.75) is 38.1 Å². The molecule has 1 aliphatic carbocycles. The number of amides is 2. The third kappa shape index (κ3) is 6.08. The van der Waals surface area contributed by atoms with Crippen LogP contribution in [0.25, 0.3) is 0 Å². The van der Waals surface area contributed by atoms with Crippen LogP contribution in [-0.4, -0.2) is 68.5 Å². The molecular formula is C28H34ClN3O5. The fourth-order valence-corrected chi connectivity index (χ4v) is 5.32. The molecule has 198 valence electrons. The molecule has 8 nitrogen and oxygen atoms in total. The summed E-state index contributed by atoms with van der Waals surface area (Å²) in [5.41, 5.74) is 2.23. The van der Waals surface area contributed by atoms with Crippen LogP contribution in [0.2, 0.25) is 5.02 Å². The van der Waals surface area contributed by atoms with Crippen molar-refractivity contribution < 1.29 is 23.8 Å². The van der Waals surface area contributed by atoms with E-state index in [1.54, 1.807) is 32.3 Å². The predicted molar refractivity (Wildman–Crippen MR) is 142 cm³/mol. The highest BCUT2D eigenvalue weighted by Crippen LogP contribution is 2.40. The largest absolute Gasteiger partial charge is 0.497 e. The lowest BCUT2D eigenvalue weighted by atomic mass is 9.97. The van der Waals surface area contributed by atoms with E-state index in [1.807, 2.05) is 36.4 Å². The summed E-state index contributed by atoms with van der Waals surface area (Å²) in [7, 11) is 4.78. The minimum absolute atomic E-state index is 0.00733. The summed E-state index contributed by atoms with van der Waals surface area (Å²) in [5, 5.41) is 6.78. The Bertz CT molecular complexity index is 1150. The number of rotatable bonds is 10. The van der Waals surface area contributed by atoms with Gasteiger partial charge < -0.3 is 19.1 Å². The Labute approximate surface area is 223 Å². The van der Waals surface area contributed by atoms with Crippen molar-refractivity contribution in [3.8, 4) is 11.5 Å². The van der Waals surface area contributed by atoms with E-state index >= 15 is 0 Å². The van der Waals surface area contributed by atoms with E-state index in [0.29, 0.717) is 41.8 Å². The normalized spacial score (nSPS) is 17.6. The van der Waals surface area contributed by atoms with E-state index in [-0.39, 0.29) is 24.3 Å². The lowest BCUT2D eigenvalue weighted by molar-refractivity contribution is -0.144. The standard InChI is InChI=1S/C28H34ClN3O5/c1-35-15-14-31(28(34)19-8-4-5-9-19)18-27(33)32-25(22-16-20(36-2)12-13-26(22)37-3)17-24(30-32)21-10-6-7-11-23(21)29/h6-7,10-13,16,19,25H,4-5,8-9,14-15,17-18H2,1-3H3/t25-/m1/s1. The summed E-state index contributed by atoms with van der Waals surface area (Å²) < 4.78 is 16.3. The molecule has 4 rings (SSSR count). The predicted octanol–water partition coefficient (Wildman–Crippen LogP) is 4.70. The SMILES string of the molecule is COCCN(CC(=O)N1N=C(c2ccccc2Cl)C[C@@H]1c1cc(OC)ccc1OC)C(=O)C1CCCC1. The van der Waals surface area contributed by atoms with Gasteiger partial charge in [0.05, 0.1) is 32.6 Å². The van der Waals surface area contributed by atoms with E-state index in [1.165, 1.54) is 5.01 Å². The second-order valence-corrected chi connectivity index (χ2v) is 9.73. The number of ether oxygens (including phenoxy) is 3. The molecule has 2 aromatic rings. The smallest absolute Gasteiger partial charge is 0.262 e. The number of benzene rings is 2. The first-order chi connectivity index (χ1) is 18.0. The fourth-order valence-electron chi connectivity index (χ4n) is 5.08. The average Bonchev–Trinajstić information content (AvgIpc) is 3.61. The van der Waals surface area contributed by atoms with Crippen LogP contribution >= 0.6 is 11.6 Å². The highest BCUT2D eigenvalue weighted by atomic mass is 35.5. The number of nitrogens with zero attached hydrogens (tertiary/aromatic N) is 3. The Morgan fingerprint density at radius 1 is 1.08 bits per heavy atom. The van der Waals surface area contributed by atoms with Gasteiger partial charge in [-0.2, -0.15) is 5.10 Å². The first-order valence-electron chi connectivity index (χ1n) is 12.6.